The molecule has 2 heterocycles. The molecule has 1 aliphatic heterocycles. The number of aryl methyl sites for hydroxylation is 1. The van der Waals surface area contributed by atoms with Gasteiger partial charge in [-0.15, -0.1) is 11.3 Å². The maximum absolute atomic E-state index is 11.1. The van der Waals surface area contributed by atoms with Crippen LogP contribution in [0.25, 0.3) is 0 Å². The van der Waals surface area contributed by atoms with E-state index in [0.717, 1.165) is 23.9 Å². The van der Waals surface area contributed by atoms with Crippen molar-refractivity contribution < 1.29 is 9.53 Å². The van der Waals surface area contributed by atoms with Crippen LogP contribution in [0.3, 0.4) is 0 Å². The third kappa shape index (κ3) is 4.45. The van der Waals surface area contributed by atoms with Crippen LogP contribution in [0.1, 0.15) is 25.0 Å². The minimum Gasteiger partial charge on any atom is -0.469 e. The Hall–Kier alpha value is -1.14. The van der Waals surface area contributed by atoms with Gasteiger partial charge in [-0.05, 0) is 25.9 Å². The van der Waals surface area contributed by atoms with E-state index in [-0.39, 0.29) is 5.97 Å². The van der Waals surface area contributed by atoms with Crippen molar-refractivity contribution >= 4 is 22.4 Å². The van der Waals surface area contributed by atoms with Crippen LogP contribution in [-0.2, 0) is 16.0 Å². The first kappa shape index (κ1) is 15.3. The van der Waals surface area contributed by atoms with Crippen LogP contribution in [0, 0.1) is 0 Å². The fourth-order valence-electron chi connectivity index (χ4n) is 2.31. The van der Waals surface area contributed by atoms with Crippen molar-refractivity contribution in [1.29, 1.82) is 0 Å². The SMILES string of the molecule is COC(=O)CCc1csc(N(C)CCN2CCCC2)n1. The predicted molar refractivity (Wildman–Crippen MR) is 81.4 cm³/mol. The quantitative estimate of drug-likeness (QED) is 0.718. The van der Waals surface area contributed by atoms with E-state index in [4.69, 9.17) is 0 Å². The lowest BCUT2D eigenvalue weighted by molar-refractivity contribution is -0.140. The molecule has 1 aliphatic rings. The van der Waals surface area contributed by atoms with Crippen LogP contribution in [-0.4, -0.2) is 56.2 Å². The van der Waals surface area contributed by atoms with Crippen LogP contribution in [0.2, 0.25) is 0 Å². The molecule has 0 atom stereocenters. The van der Waals surface area contributed by atoms with Gasteiger partial charge in [0, 0.05) is 31.9 Å². The second-order valence-electron chi connectivity index (χ2n) is 5.17. The van der Waals surface area contributed by atoms with Gasteiger partial charge in [-0.1, -0.05) is 0 Å². The number of likely N-dealkylation sites (N-methyl/N-ethyl adjacent to an activating group) is 1. The lowest BCUT2D eigenvalue weighted by Gasteiger charge is -2.20. The number of rotatable bonds is 7. The molecule has 0 spiro atoms. The van der Waals surface area contributed by atoms with E-state index in [1.807, 2.05) is 5.38 Å². The summed E-state index contributed by atoms with van der Waals surface area (Å²) in [5, 5.41) is 3.06. The highest BCUT2D eigenvalue weighted by atomic mass is 32.1. The minimum atomic E-state index is -0.179. The summed E-state index contributed by atoms with van der Waals surface area (Å²) in [7, 11) is 3.50. The number of hydrogen-bond donors (Lipinski definition) is 0. The van der Waals surface area contributed by atoms with E-state index in [0.29, 0.717) is 12.8 Å². The highest BCUT2D eigenvalue weighted by Crippen LogP contribution is 2.20. The van der Waals surface area contributed by atoms with Crippen LogP contribution in [0.15, 0.2) is 5.38 Å². The number of anilines is 1. The van der Waals surface area contributed by atoms with E-state index in [2.05, 4.69) is 26.6 Å². The molecule has 6 heteroatoms. The van der Waals surface area contributed by atoms with Crippen LogP contribution in [0.5, 0.6) is 0 Å². The summed E-state index contributed by atoms with van der Waals surface area (Å²) in [6, 6.07) is 0. The van der Waals surface area contributed by atoms with Crippen molar-refractivity contribution in [1.82, 2.24) is 9.88 Å². The standard InChI is InChI=1S/C14H23N3O2S/c1-16(9-10-17-7-3-4-8-17)14-15-12(11-20-14)5-6-13(18)19-2/h11H,3-10H2,1-2H3. The zero-order valence-electron chi connectivity index (χ0n) is 12.3. The maximum Gasteiger partial charge on any atom is 0.305 e. The van der Waals surface area contributed by atoms with Gasteiger partial charge in [0.25, 0.3) is 0 Å². The summed E-state index contributed by atoms with van der Waals surface area (Å²) in [4.78, 5) is 20.4. The molecule has 1 fully saturated rings. The van der Waals surface area contributed by atoms with E-state index in [1.165, 1.54) is 33.0 Å². The van der Waals surface area contributed by atoms with Gasteiger partial charge in [0.15, 0.2) is 5.13 Å². The normalized spacial score (nSPS) is 15.5. The van der Waals surface area contributed by atoms with Crippen LogP contribution >= 0.6 is 11.3 Å². The smallest absolute Gasteiger partial charge is 0.305 e. The molecular weight excluding hydrogens is 274 g/mol. The highest BCUT2D eigenvalue weighted by Gasteiger charge is 2.13. The molecule has 0 N–H and O–H groups in total. The lowest BCUT2D eigenvalue weighted by atomic mass is 10.2. The van der Waals surface area contributed by atoms with E-state index in [1.54, 1.807) is 11.3 Å². The number of hydrogen-bond acceptors (Lipinski definition) is 6. The Balaban J connectivity index is 1.76. The fraction of sp³-hybridized carbons (Fsp3) is 0.714. The first-order chi connectivity index (χ1) is 9.69. The third-order valence-corrected chi connectivity index (χ3v) is 4.63. The Kier molecular flexibility index (Phi) is 5.79. The number of methoxy groups -OCH3 is 1. The predicted octanol–water partition coefficient (Wildman–Crippen LogP) is 1.78. The first-order valence-corrected chi connectivity index (χ1v) is 8.01. The largest absolute Gasteiger partial charge is 0.469 e. The Morgan fingerprint density at radius 1 is 1.50 bits per heavy atom. The molecule has 0 bridgehead atoms. The van der Waals surface area contributed by atoms with Gasteiger partial charge in [0.2, 0.25) is 0 Å². The molecule has 1 aromatic rings. The van der Waals surface area contributed by atoms with E-state index >= 15 is 0 Å². The Morgan fingerprint density at radius 2 is 2.25 bits per heavy atom. The third-order valence-electron chi connectivity index (χ3n) is 3.63. The zero-order valence-corrected chi connectivity index (χ0v) is 13.1. The van der Waals surface area contributed by atoms with Crippen molar-refractivity contribution in [2.75, 3.05) is 45.2 Å². The highest BCUT2D eigenvalue weighted by molar-refractivity contribution is 7.13. The number of thiazole rings is 1. The molecule has 0 aromatic carbocycles. The van der Waals surface area contributed by atoms with E-state index in [9.17, 15) is 4.79 Å². The summed E-state index contributed by atoms with van der Waals surface area (Å²) in [5.74, 6) is -0.179. The Labute approximate surface area is 124 Å². The molecule has 0 aliphatic carbocycles. The average Bonchev–Trinajstić information content (AvgIpc) is 3.13. The van der Waals surface area contributed by atoms with Crippen molar-refractivity contribution in [3.8, 4) is 0 Å². The monoisotopic (exact) mass is 297 g/mol. The number of aromatic nitrogens is 1. The number of likely N-dealkylation sites (tertiary alicyclic amines) is 1. The van der Waals surface area contributed by atoms with Crippen molar-refractivity contribution in [3.63, 3.8) is 0 Å². The second kappa shape index (κ2) is 7.59. The number of carbonyl (C=O) groups excluding carboxylic acids is 1. The molecule has 0 saturated carbocycles. The number of nitrogens with zero attached hydrogens (tertiary/aromatic N) is 3. The van der Waals surface area contributed by atoms with Crippen LogP contribution < -0.4 is 4.90 Å². The van der Waals surface area contributed by atoms with Crippen LogP contribution in [0.4, 0.5) is 5.13 Å². The summed E-state index contributed by atoms with van der Waals surface area (Å²) >= 11 is 1.64. The Morgan fingerprint density at radius 3 is 2.95 bits per heavy atom. The number of ether oxygens (including phenoxy) is 1. The minimum absolute atomic E-state index is 0.179. The zero-order chi connectivity index (χ0) is 14.4. The Bertz CT molecular complexity index is 430. The molecule has 5 nitrogen and oxygen atoms in total. The molecular formula is C14H23N3O2S. The molecule has 0 amide bonds. The topological polar surface area (TPSA) is 45.7 Å². The molecule has 0 unspecified atom stereocenters. The van der Waals surface area contributed by atoms with Gasteiger partial charge in [-0.2, -0.15) is 0 Å². The molecule has 1 saturated heterocycles. The fourth-order valence-corrected chi connectivity index (χ4v) is 3.17. The molecule has 2 rings (SSSR count). The van der Waals surface area contributed by atoms with Gasteiger partial charge in [-0.3, -0.25) is 4.79 Å². The maximum atomic E-state index is 11.1. The van der Waals surface area contributed by atoms with Gasteiger partial charge >= 0.3 is 5.97 Å². The van der Waals surface area contributed by atoms with Crippen molar-refractivity contribution in [2.45, 2.75) is 25.7 Å². The molecule has 112 valence electrons. The van der Waals surface area contributed by atoms with Crippen molar-refractivity contribution in [3.05, 3.63) is 11.1 Å². The van der Waals surface area contributed by atoms with E-state index < -0.39 is 0 Å². The molecule has 20 heavy (non-hydrogen) atoms. The van der Waals surface area contributed by atoms with Gasteiger partial charge in [-0.25, -0.2) is 4.98 Å². The molecule has 1 aromatic heterocycles. The first-order valence-electron chi connectivity index (χ1n) is 7.14. The number of carbonyl (C=O) groups is 1. The summed E-state index contributed by atoms with van der Waals surface area (Å²) in [6.45, 7) is 4.57. The number of esters is 1. The lowest BCUT2D eigenvalue weighted by Crippen LogP contribution is -2.31. The van der Waals surface area contributed by atoms with Crippen molar-refractivity contribution in [2.24, 2.45) is 0 Å². The van der Waals surface area contributed by atoms with Gasteiger partial charge in [0.05, 0.1) is 19.2 Å². The molecule has 0 radical (unpaired) electrons. The van der Waals surface area contributed by atoms with Gasteiger partial charge in [0.1, 0.15) is 0 Å². The summed E-state index contributed by atoms with van der Waals surface area (Å²) in [5.41, 5.74) is 0.975. The second-order valence-corrected chi connectivity index (χ2v) is 6.00. The average molecular weight is 297 g/mol. The van der Waals surface area contributed by atoms with Gasteiger partial charge < -0.3 is 14.5 Å². The summed E-state index contributed by atoms with van der Waals surface area (Å²) < 4.78 is 4.64. The summed E-state index contributed by atoms with van der Waals surface area (Å²) in [6.07, 6.45) is 3.72.